The predicted molar refractivity (Wildman–Crippen MR) is 56.3 cm³/mol. The molecule has 1 aliphatic heterocycles. The van der Waals surface area contributed by atoms with Crippen molar-refractivity contribution in [2.24, 2.45) is 0 Å². The van der Waals surface area contributed by atoms with Gasteiger partial charge < -0.3 is 20.7 Å². The van der Waals surface area contributed by atoms with E-state index in [-0.39, 0.29) is 24.3 Å². The highest BCUT2D eigenvalue weighted by atomic mass is 16.7. The van der Waals surface area contributed by atoms with Crippen LogP contribution in [0.2, 0.25) is 0 Å². The number of nitrogen functional groups attached to an aromatic ring is 1. The fraction of sp³-hybridized carbons (Fsp3) is 0. The van der Waals surface area contributed by atoms with E-state index in [2.05, 4.69) is 21.4 Å². The molecule has 2 aromatic rings. The molecular formula is C10H6N5O3. The van der Waals surface area contributed by atoms with Crippen LogP contribution >= 0.6 is 0 Å². The summed E-state index contributed by atoms with van der Waals surface area (Å²) in [7, 11) is 0. The number of hydrogen-bond donors (Lipinski definition) is 3. The second-order valence-corrected chi connectivity index (χ2v) is 3.37. The van der Waals surface area contributed by atoms with Crippen molar-refractivity contribution in [2.45, 2.75) is 0 Å². The molecule has 8 heteroatoms. The van der Waals surface area contributed by atoms with Crippen LogP contribution in [-0.2, 0) is 4.74 Å². The van der Waals surface area contributed by atoms with Gasteiger partial charge in [0.2, 0.25) is 6.23 Å². The van der Waals surface area contributed by atoms with Crippen molar-refractivity contribution in [3.63, 3.8) is 0 Å². The molecule has 8 nitrogen and oxygen atoms in total. The SMILES string of the molecule is Nc1ncnc2c1ncn2[13C]1[13C][13C](O)[13C]([13C]O)O1. The second-order valence-electron chi connectivity index (χ2n) is 3.37. The number of rotatable bonds is 2. The molecule has 0 aliphatic carbocycles. The van der Waals surface area contributed by atoms with Crippen molar-refractivity contribution in [1.29, 1.82) is 0 Å². The lowest BCUT2D eigenvalue weighted by Crippen LogP contribution is -2.09. The van der Waals surface area contributed by atoms with Gasteiger partial charge in [0.1, 0.15) is 17.9 Å². The van der Waals surface area contributed by atoms with E-state index >= 15 is 0 Å². The van der Waals surface area contributed by atoms with Crippen molar-refractivity contribution in [1.82, 2.24) is 19.5 Å². The van der Waals surface area contributed by atoms with Gasteiger partial charge in [-0.25, -0.2) is 15.0 Å². The van der Waals surface area contributed by atoms with Crippen molar-refractivity contribution in [3.8, 4) is 0 Å². The van der Waals surface area contributed by atoms with Gasteiger partial charge in [-0.3, -0.25) is 4.57 Å². The van der Waals surface area contributed by atoms with Crippen LogP contribution in [0.1, 0.15) is 0 Å². The molecule has 0 amide bonds. The Labute approximate surface area is 102 Å². The minimum atomic E-state index is -0.364. The molecule has 0 saturated carbocycles. The van der Waals surface area contributed by atoms with Crippen LogP contribution < -0.4 is 5.73 Å². The summed E-state index contributed by atoms with van der Waals surface area (Å²) >= 11 is 0. The Morgan fingerprint density at radius 1 is 1.39 bits per heavy atom. The summed E-state index contributed by atoms with van der Waals surface area (Å²) < 4.78 is 6.52. The number of ether oxygens (including phenoxy) is 1. The lowest BCUT2D eigenvalue weighted by Gasteiger charge is -2.09. The van der Waals surface area contributed by atoms with E-state index in [1.165, 1.54) is 17.2 Å². The van der Waals surface area contributed by atoms with Crippen molar-refractivity contribution >= 4 is 17.0 Å². The molecule has 0 unspecified atom stereocenters. The van der Waals surface area contributed by atoms with E-state index in [1.54, 1.807) is 6.61 Å². The molecule has 89 valence electrons. The summed E-state index contributed by atoms with van der Waals surface area (Å²) in [6.07, 6.45) is 4.68. The summed E-state index contributed by atoms with van der Waals surface area (Å²) in [5.74, 6) is 0.232. The first-order valence-electron chi connectivity index (χ1n) is 4.79. The summed E-state index contributed by atoms with van der Waals surface area (Å²) in [6, 6.07) is 0. The molecule has 1 aliphatic rings. The summed E-state index contributed by atoms with van der Waals surface area (Å²) in [4.78, 5) is 11.8. The zero-order chi connectivity index (χ0) is 12.7. The molecule has 0 spiro atoms. The normalized spacial score (nSPS) is 19.0. The van der Waals surface area contributed by atoms with Gasteiger partial charge >= 0.3 is 0 Å². The summed E-state index contributed by atoms with van der Waals surface area (Å²) in [6.45, 7) is 1.70. The number of aromatic nitrogens is 4. The van der Waals surface area contributed by atoms with E-state index in [0.29, 0.717) is 11.2 Å². The molecule has 0 aromatic carbocycles. The Balaban J connectivity index is 1.99. The average molecular weight is 249 g/mol. The molecule has 0 atom stereocenters. The molecule has 1 fully saturated rings. The Morgan fingerprint density at radius 2 is 2.22 bits per heavy atom. The Hall–Kier alpha value is -1.77. The smallest absolute Gasteiger partial charge is 0.208 e. The number of hydrogen-bond acceptors (Lipinski definition) is 7. The van der Waals surface area contributed by atoms with E-state index in [9.17, 15) is 5.11 Å². The van der Waals surface area contributed by atoms with Gasteiger partial charge in [0.15, 0.2) is 24.2 Å². The zero-order valence-corrected chi connectivity index (χ0v) is 8.82. The van der Waals surface area contributed by atoms with Crippen molar-refractivity contribution < 1.29 is 14.9 Å². The number of imidazole rings is 1. The minimum absolute atomic E-state index is 0.102. The quantitative estimate of drug-likeness (QED) is 0.625. The number of nitrogens with two attached hydrogens (primary N) is 1. The highest BCUT2D eigenvalue weighted by Gasteiger charge is 2.40. The zero-order valence-electron chi connectivity index (χ0n) is 8.82. The number of aliphatic hydroxyl groups excluding tert-OH is 2. The van der Waals surface area contributed by atoms with Gasteiger partial charge in [0.05, 0.1) is 12.7 Å². The number of fused-ring (bicyclic) bond motifs is 1. The van der Waals surface area contributed by atoms with Crippen molar-refractivity contribution in [2.75, 3.05) is 5.73 Å². The molecule has 4 N–H and O–H groups in total. The summed E-state index contributed by atoms with van der Waals surface area (Å²) in [5, 5.41) is 18.1. The maximum atomic E-state index is 9.39. The number of aliphatic hydroxyl groups is 2. The minimum Gasteiger partial charge on any atom is -0.383 e. The lowest BCUT2D eigenvalue weighted by molar-refractivity contribution is 0.146. The van der Waals surface area contributed by atoms with Crippen LogP contribution in [0.25, 0.3) is 11.2 Å². The third kappa shape index (κ3) is 1.62. The largest absolute Gasteiger partial charge is 0.383 e. The van der Waals surface area contributed by atoms with Crippen LogP contribution in [0, 0.1) is 31.5 Å². The third-order valence-electron chi connectivity index (χ3n) is 2.32. The standard InChI is InChI=1S/C10H6N5O3/c11-9-8-10(13-3-12-9)15(4-14-8)7-1-5(17)6(2-16)18-7/h3-4,16-17H,(H2,11,12,13)/i1+1,2+1,5+1,6+1,7+1. The van der Waals surface area contributed by atoms with Crippen LogP contribution in [0.4, 0.5) is 5.82 Å². The second kappa shape index (κ2) is 4.16. The first-order chi connectivity index (χ1) is 8.70. The lowest BCUT2D eigenvalue weighted by atomic mass is 10.5. The number of anilines is 1. The van der Waals surface area contributed by atoms with Crippen LogP contribution in [0.5, 0.6) is 0 Å². The molecule has 2 aromatic heterocycles. The van der Waals surface area contributed by atoms with Gasteiger partial charge in [-0.15, -0.1) is 0 Å². The van der Waals surface area contributed by atoms with Gasteiger partial charge in [-0.05, 0) is 0 Å². The fourth-order valence-corrected chi connectivity index (χ4v) is 1.52. The molecule has 3 heterocycles. The van der Waals surface area contributed by atoms with Crippen LogP contribution in [0.15, 0.2) is 12.7 Å². The highest BCUT2D eigenvalue weighted by molar-refractivity contribution is 5.81. The van der Waals surface area contributed by atoms with Crippen LogP contribution in [-0.4, -0.2) is 29.7 Å². The molecular weight excluding hydrogens is 243 g/mol. The molecule has 0 bridgehead atoms. The number of nitrogens with zero attached hydrogens (tertiary/aromatic N) is 4. The highest BCUT2D eigenvalue weighted by Crippen LogP contribution is 2.38. The van der Waals surface area contributed by atoms with E-state index in [1.807, 2.05) is 0 Å². The van der Waals surface area contributed by atoms with E-state index < -0.39 is 0 Å². The molecule has 18 heavy (non-hydrogen) atoms. The molecule has 3 rings (SSSR count). The Morgan fingerprint density at radius 3 is 2.94 bits per heavy atom. The van der Waals surface area contributed by atoms with Crippen molar-refractivity contribution in [3.05, 3.63) is 44.1 Å². The summed E-state index contributed by atoms with van der Waals surface area (Å²) in [5.41, 5.74) is 6.44. The Kier molecular flexibility index (Phi) is 2.62. The van der Waals surface area contributed by atoms with Gasteiger partial charge in [0.25, 0.3) is 0 Å². The maximum Gasteiger partial charge on any atom is 0.208 e. The first-order valence-corrected chi connectivity index (χ1v) is 4.79. The monoisotopic (exact) mass is 249 g/mol. The Bertz CT molecular complexity index is 572. The average Bonchev–Trinajstić information content (AvgIpc) is 2.93. The first kappa shape index (κ1) is 11.3. The van der Waals surface area contributed by atoms with Gasteiger partial charge in [0, 0.05) is 0 Å². The molecule has 7 radical (unpaired) electrons. The van der Waals surface area contributed by atoms with Crippen LogP contribution in [0.3, 0.4) is 0 Å². The molecule has 1 saturated heterocycles. The fourth-order valence-electron chi connectivity index (χ4n) is 1.52. The third-order valence-corrected chi connectivity index (χ3v) is 2.32. The topological polar surface area (TPSA) is 119 Å². The van der Waals surface area contributed by atoms with Gasteiger partial charge in [-0.1, -0.05) is 0 Å². The predicted octanol–water partition coefficient (Wildman–Crippen LogP) is -0.295. The van der Waals surface area contributed by atoms with E-state index in [4.69, 9.17) is 15.6 Å². The van der Waals surface area contributed by atoms with E-state index in [0.717, 1.165) is 0 Å². The maximum absolute atomic E-state index is 9.39. The van der Waals surface area contributed by atoms with Gasteiger partial charge in [-0.2, -0.15) is 0 Å².